The highest BCUT2D eigenvalue weighted by atomic mass is 79.9. The summed E-state index contributed by atoms with van der Waals surface area (Å²) >= 11 is 0.975. The molecule has 1 aromatic heterocycles. The third-order valence-electron chi connectivity index (χ3n) is 4.15. The van der Waals surface area contributed by atoms with Gasteiger partial charge in [-0.25, -0.2) is 13.1 Å². The first-order chi connectivity index (χ1) is 15.2. The molecule has 0 fully saturated rings. The van der Waals surface area contributed by atoms with Crippen LogP contribution in [0.25, 0.3) is 0 Å². The van der Waals surface area contributed by atoms with Crippen molar-refractivity contribution in [1.29, 1.82) is 0 Å². The molecule has 33 heavy (non-hydrogen) atoms. The lowest BCUT2D eigenvalue weighted by molar-refractivity contribution is -0.683. The molecule has 172 valence electrons. The number of aromatic nitrogens is 1. The lowest BCUT2D eigenvalue weighted by Gasteiger charge is -2.10. The number of benzene rings is 2. The maximum absolute atomic E-state index is 12.8. The largest absolute Gasteiger partial charge is 1.00 e. The van der Waals surface area contributed by atoms with Gasteiger partial charge >= 0.3 is 0 Å². The molecule has 2 N–H and O–H groups in total. The number of thioether (sulfide) groups is 1. The minimum absolute atomic E-state index is 0. The summed E-state index contributed by atoms with van der Waals surface area (Å²) in [5, 5.41) is 2.56. The van der Waals surface area contributed by atoms with Crippen LogP contribution in [0.3, 0.4) is 0 Å². The zero-order valence-corrected chi connectivity index (χ0v) is 20.6. The van der Waals surface area contributed by atoms with E-state index in [1.807, 2.05) is 22.9 Å². The quantitative estimate of drug-likeness (QED) is 0.300. The molecule has 0 radical (unpaired) electrons. The molecule has 0 bridgehead atoms. The lowest BCUT2D eigenvalue weighted by atomic mass is 10.2. The fourth-order valence-corrected chi connectivity index (χ4v) is 4.62. The minimum atomic E-state index is -3.96. The Hall–Kier alpha value is -3.02. The van der Waals surface area contributed by atoms with Gasteiger partial charge in [-0.05, 0) is 48.2 Å². The topological polar surface area (TPSA) is 113 Å². The van der Waals surface area contributed by atoms with Crippen molar-refractivity contribution in [2.45, 2.75) is 23.3 Å². The summed E-state index contributed by atoms with van der Waals surface area (Å²) in [4.78, 5) is 36.7. The molecule has 2 aromatic carbocycles. The second-order valence-electron chi connectivity index (χ2n) is 6.66. The molecule has 0 atom stereocenters. The van der Waals surface area contributed by atoms with Gasteiger partial charge < -0.3 is 22.3 Å². The van der Waals surface area contributed by atoms with E-state index < -0.39 is 21.8 Å². The zero-order valence-electron chi connectivity index (χ0n) is 17.4. The Morgan fingerprint density at radius 3 is 2.18 bits per heavy atom. The van der Waals surface area contributed by atoms with E-state index in [-0.39, 0.29) is 33.5 Å². The summed E-state index contributed by atoms with van der Waals surface area (Å²) in [6.07, 6.45) is 3.57. The van der Waals surface area contributed by atoms with Gasteiger partial charge in [0.05, 0.1) is 10.5 Å². The van der Waals surface area contributed by atoms with Crippen LogP contribution in [0.1, 0.15) is 17.3 Å². The number of nitrogens with one attached hydrogen (secondary N) is 2. The van der Waals surface area contributed by atoms with Gasteiger partial charge in [0.1, 0.15) is 0 Å². The van der Waals surface area contributed by atoms with Crippen molar-refractivity contribution in [3.8, 4) is 0 Å². The molecule has 0 spiro atoms. The fourth-order valence-electron chi connectivity index (χ4n) is 2.75. The van der Waals surface area contributed by atoms with Crippen molar-refractivity contribution in [1.82, 2.24) is 4.72 Å². The lowest BCUT2D eigenvalue weighted by Crippen LogP contribution is -3.00. The second kappa shape index (κ2) is 11.7. The van der Waals surface area contributed by atoms with E-state index in [1.54, 1.807) is 41.2 Å². The molecule has 0 saturated heterocycles. The molecular weight excluding hydrogens is 530 g/mol. The van der Waals surface area contributed by atoms with E-state index in [9.17, 15) is 22.8 Å². The summed E-state index contributed by atoms with van der Waals surface area (Å²) in [7, 11) is -3.96. The van der Waals surface area contributed by atoms with Gasteiger partial charge in [0, 0.05) is 29.6 Å². The van der Waals surface area contributed by atoms with E-state index in [2.05, 4.69) is 5.32 Å². The van der Waals surface area contributed by atoms with Crippen LogP contribution in [0.15, 0.2) is 88.9 Å². The molecule has 3 rings (SSSR count). The maximum atomic E-state index is 12.8. The molecule has 0 saturated carbocycles. The molecule has 0 aliphatic rings. The van der Waals surface area contributed by atoms with E-state index in [4.69, 9.17) is 0 Å². The fraction of sp³-hybridized carbons (Fsp3) is 0.0909. The van der Waals surface area contributed by atoms with Crippen molar-refractivity contribution in [2.24, 2.45) is 0 Å². The average molecular weight is 550 g/mol. The van der Waals surface area contributed by atoms with Crippen LogP contribution in [0.5, 0.6) is 0 Å². The highest BCUT2D eigenvalue weighted by Crippen LogP contribution is 2.25. The normalized spacial score (nSPS) is 10.6. The van der Waals surface area contributed by atoms with Crippen LogP contribution >= 0.6 is 11.8 Å². The summed E-state index contributed by atoms with van der Waals surface area (Å²) in [6.45, 7) is 1.26. The van der Waals surface area contributed by atoms with Gasteiger partial charge in [-0.15, -0.1) is 0 Å². The van der Waals surface area contributed by atoms with E-state index in [0.29, 0.717) is 16.1 Å². The molecule has 1 heterocycles. The number of carbonyl (C=O) groups excluding carboxylic acids is 3. The molecule has 0 unspecified atom stereocenters. The Bertz CT molecular complexity index is 1250. The predicted octanol–water partition coefficient (Wildman–Crippen LogP) is -0.626. The Morgan fingerprint density at radius 2 is 1.55 bits per heavy atom. The van der Waals surface area contributed by atoms with Gasteiger partial charge in [-0.2, -0.15) is 4.57 Å². The van der Waals surface area contributed by atoms with Crippen LogP contribution in [-0.2, 0) is 26.2 Å². The van der Waals surface area contributed by atoms with E-state index in [0.717, 1.165) is 18.7 Å². The number of sulfonamides is 1. The smallest absolute Gasteiger partial charge is 0.264 e. The number of amides is 2. The summed E-state index contributed by atoms with van der Waals surface area (Å²) < 4.78 is 27.7. The Morgan fingerprint density at radius 1 is 0.909 bits per heavy atom. The van der Waals surface area contributed by atoms with Crippen molar-refractivity contribution in [3.63, 3.8) is 0 Å². The highest BCUT2D eigenvalue weighted by Gasteiger charge is 2.18. The third-order valence-corrected chi connectivity index (χ3v) is 6.53. The highest BCUT2D eigenvalue weighted by molar-refractivity contribution is 8.13. The first-order valence-electron chi connectivity index (χ1n) is 9.43. The molecule has 0 aliphatic carbocycles. The number of nitrogens with zero attached hydrogens (tertiary/aromatic N) is 1. The summed E-state index contributed by atoms with van der Waals surface area (Å²) in [6, 6.07) is 17.6. The molecule has 11 heteroatoms. The van der Waals surface area contributed by atoms with Gasteiger partial charge in [0.25, 0.3) is 21.0 Å². The van der Waals surface area contributed by atoms with Crippen LogP contribution in [0, 0.1) is 0 Å². The second-order valence-corrected chi connectivity index (χ2v) is 9.44. The molecule has 8 nitrogen and oxygen atoms in total. The predicted molar refractivity (Wildman–Crippen MR) is 119 cm³/mol. The Kier molecular flexibility index (Phi) is 9.32. The Balaban J connectivity index is 0.00000385. The zero-order chi connectivity index (χ0) is 23.1. The summed E-state index contributed by atoms with van der Waals surface area (Å²) in [5.74, 6) is -1.14. The van der Waals surface area contributed by atoms with Gasteiger partial charge in [-0.3, -0.25) is 14.4 Å². The van der Waals surface area contributed by atoms with Gasteiger partial charge in [0.15, 0.2) is 12.4 Å². The SMILES string of the molecule is CC(=O)NS(=O)(=O)c1ccc(NC(=O)c2ccccc2SC(=O)C[n+]2ccccc2)cc1.[Br-]. The third kappa shape index (κ3) is 7.52. The van der Waals surface area contributed by atoms with Crippen LogP contribution in [0.4, 0.5) is 5.69 Å². The minimum Gasteiger partial charge on any atom is -1.00 e. The van der Waals surface area contributed by atoms with Gasteiger partial charge in [-0.1, -0.05) is 18.2 Å². The average Bonchev–Trinajstić information content (AvgIpc) is 2.74. The van der Waals surface area contributed by atoms with Gasteiger partial charge in [0.2, 0.25) is 12.5 Å². The first-order valence-corrected chi connectivity index (χ1v) is 11.7. The standard InChI is InChI=1S/C22H19N3O5S2.BrH/c1-16(26)24-32(29,30)18-11-9-17(10-12-18)23-22(28)19-7-3-4-8-20(19)31-21(27)15-25-13-5-2-6-14-25;/h2-14H,15H2,1H3,(H-,23,24,26,28);1H. The van der Waals surface area contributed by atoms with E-state index >= 15 is 0 Å². The van der Waals surface area contributed by atoms with Crippen LogP contribution in [-0.4, -0.2) is 25.3 Å². The molecular formula is C22H20BrN3O5S2. The molecule has 3 aromatic rings. The van der Waals surface area contributed by atoms with Crippen molar-refractivity contribution in [3.05, 3.63) is 84.7 Å². The van der Waals surface area contributed by atoms with Crippen LogP contribution < -0.4 is 31.6 Å². The Labute approximate surface area is 206 Å². The number of carbonyl (C=O) groups is 3. The van der Waals surface area contributed by atoms with E-state index in [1.165, 1.54) is 24.3 Å². The maximum Gasteiger partial charge on any atom is 0.264 e. The number of rotatable bonds is 7. The molecule has 0 aliphatic heterocycles. The van der Waals surface area contributed by atoms with Crippen molar-refractivity contribution < 1.29 is 44.3 Å². The first kappa shape index (κ1) is 26.2. The number of hydrogen-bond donors (Lipinski definition) is 2. The number of pyridine rings is 1. The monoisotopic (exact) mass is 549 g/mol. The van der Waals surface area contributed by atoms with Crippen LogP contribution in [0.2, 0.25) is 0 Å². The number of anilines is 1. The van der Waals surface area contributed by atoms with Crippen molar-refractivity contribution in [2.75, 3.05) is 5.32 Å². The summed E-state index contributed by atoms with van der Waals surface area (Å²) in [5.41, 5.74) is 0.682. The number of hydrogen-bond acceptors (Lipinski definition) is 6. The number of halogens is 1. The molecule has 2 amide bonds. The van der Waals surface area contributed by atoms with Crippen molar-refractivity contribution >= 4 is 44.4 Å².